The van der Waals surface area contributed by atoms with Gasteiger partial charge in [-0.15, -0.1) is 0 Å². The minimum Gasteiger partial charge on any atom is -0.468 e. The standard InChI is InChI=1S/C13H18N2O3/c1-15(2)11(16)9-14-12(13(17)18-3)10-7-5-4-6-8-10/h4-8,12,14H,9H2,1-3H3. The Morgan fingerprint density at radius 3 is 2.39 bits per heavy atom. The monoisotopic (exact) mass is 250 g/mol. The fraction of sp³-hybridized carbons (Fsp3) is 0.385. The second-order valence-corrected chi connectivity index (χ2v) is 4.04. The number of likely N-dealkylation sites (N-methyl/N-ethyl adjacent to an activating group) is 1. The maximum Gasteiger partial charge on any atom is 0.327 e. The first-order valence-electron chi connectivity index (χ1n) is 5.62. The Morgan fingerprint density at radius 1 is 1.28 bits per heavy atom. The van der Waals surface area contributed by atoms with E-state index in [0.29, 0.717) is 0 Å². The van der Waals surface area contributed by atoms with E-state index in [1.54, 1.807) is 14.1 Å². The highest BCUT2D eigenvalue weighted by molar-refractivity contribution is 5.81. The lowest BCUT2D eigenvalue weighted by molar-refractivity contribution is -0.143. The molecule has 0 aliphatic rings. The zero-order chi connectivity index (χ0) is 13.5. The molecule has 0 heterocycles. The SMILES string of the molecule is COC(=O)C(NCC(=O)N(C)C)c1ccccc1. The van der Waals surface area contributed by atoms with Gasteiger partial charge in [-0.25, -0.2) is 4.79 Å². The molecule has 1 rings (SSSR count). The van der Waals surface area contributed by atoms with Crippen molar-refractivity contribution in [2.45, 2.75) is 6.04 Å². The number of hydrogen-bond donors (Lipinski definition) is 1. The third-order valence-electron chi connectivity index (χ3n) is 2.53. The zero-order valence-corrected chi connectivity index (χ0v) is 10.8. The number of rotatable bonds is 5. The molecule has 1 aromatic rings. The number of benzene rings is 1. The van der Waals surface area contributed by atoms with E-state index >= 15 is 0 Å². The molecule has 1 N–H and O–H groups in total. The number of carbonyl (C=O) groups excluding carboxylic acids is 2. The van der Waals surface area contributed by atoms with Crippen molar-refractivity contribution in [3.63, 3.8) is 0 Å². The summed E-state index contributed by atoms with van der Waals surface area (Å²) in [6.07, 6.45) is 0. The molecule has 0 saturated heterocycles. The van der Waals surface area contributed by atoms with Gasteiger partial charge in [-0.05, 0) is 5.56 Å². The molecular weight excluding hydrogens is 232 g/mol. The Morgan fingerprint density at radius 2 is 1.89 bits per heavy atom. The predicted octanol–water partition coefficient (Wildman–Crippen LogP) is 0.579. The average molecular weight is 250 g/mol. The summed E-state index contributed by atoms with van der Waals surface area (Å²) < 4.78 is 4.73. The summed E-state index contributed by atoms with van der Waals surface area (Å²) in [4.78, 5) is 24.7. The van der Waals surface area contributed by atoms with Crippen LogP contribution in [0.1, 0.15) is 11.6 Å². The summed E-state index contributed by atoms with van der Waals surface area (Å²) >= 11 is 0. The van der Waals surface area contributed by atoms with E-state index in [9.17, 15) is 9.59 Å². The van der Waals surface area contributed by atoms with Crippen LogP contribution >= 0.6 is 0 Å². The summed E-state index contributed by atoms with van der Waals surface area (Å²) in [7, 11) is 4.66. The molecule has 1 atom stereocenters. The third kappa shape index (κ3) is 3.85. The van der Waals surface area contributed by atoms with Crippen LogP contribution in [0.3, 0.4) is 0 Å². The molecule has 0 aromatic heterocycles. The second kappa shape index (κ2) is 6.76. The summed E-state index contributed by atoms with van der Waals surface area (Å²) in [6, 6.07) is 8.54. The van der Waals surface area contributed by atoms with Crippen molar-refractivity contribution in [1.29, 1.82) is 0 Å². The summed E-state index contributed by atoms with van der Waals surface area (Å²) in [6.45, 7) is 0.0850. The van der Waals surface area contributed by atoms with Crippen LogP contribution in [0, 0.1) is 0 Å². The maximum atomic E-state index is 11.7. The number of methoxy groups -OCH3 is 1. The van der Waals surface area contributed by atoms with Crippen LogP contribution in [-0.2, 0) is 14.3 Å². The van der Waals surface area contributed by atoms with Crippen LogP contribution in [0.15, 0.2) is 30.3 Å². The molecule has 0 bridgehead atoms. The molecule has 1 amide bonds. The van der Waals surface area contributed by atoms with Gasteiger partial charge in [-0.3, -0.25) is 10.1 Å². The lowest BCUT2D eigenvalue weighted by atomic mass is 10.1. The first-order valence-corrected chi connectivity index (χ1v) is 5.62. The summed E-state index contributed by atoms with van der Waals surface area (Å²) in [5, 5.41) is 2.90. The van der Waals surface area contributed by atoms with Crippen LogP contribution in [0.4, 0.5) is 0 Å². The summed E-state index contributed by atoms with van der Waals surface area (Å²) in [5.74, 6) is -0.507. The largest absolute Gasteiger partial charge is 0.468 e. The predicted molar refractivity (Wildman–Crippen MR) is 67.9 cm³/mol. The molecule has 0 radical (unpaired) electrons. The van der Waals surface area contributed by atoms with Crippen molar-refractivity contribution in [3.8, 4) is 0 Å². The topological polar surface area (TPSA) is 58.6 Å². The van der Waals surface area contributed by atoms with E-state index in [1.807, 2.05) is 30.3 Å². The highest BCUT2D eigenvalue weighted by atomic mass is 16.5. The van der Waals surface area contributed by atoms with Crippen LogP contribution in [-0.4, -0.2) is 44.5 Å². The fourth-order valence-corrected chi connectivity index (χ4v) is 1.45. The van der Waals surface area contributed by atoms with Crippen LogP contribution in [0.2, 0.25) is 0 Å². The molecule has 0 saturated carbocycles. The molecule has 5 nitrogen and oxygen atoms in total. The van der Waals surface area contributed by atoms with Crippen molar-refractivity contribution in [2.75, 3.05) is 27.7 Å². The van der Waals surface area contributed by atoms with E-state index < -0.39 is 12.0 Å². The van der Waals surface area contributed by atoms with E-state index in [0.717, 1.165) is 5.56 Å². The first-order chi connectivity index (χ1) is 8.56. The van der Waals surface area contributed by atoms with Gasteiger partial charge in [0.05, 0.1) is 13.7 Å². The lowest BCUT2D eigenvalue weighted by Gasteiger charge is -2.18. The highest BCUT2D eigenvalue weighted by Crippen LogP contribution is 2.13. The number of carbonyl (C=O) groups is 2. The quantitative estimate of drug-likeness (QED) is 0.777. The minimum atomic E-state index is -0.625. The normalized spacial score (nSPS) is 11.7. The van der Waals surface area contributed by atoms with Gasteiger partial charge in [0, 0.05) is 14.1 Å². The third-order valence-corrected chi connectivity index (χ3v) is 2.53. The number of nitrogens with one attached hydrogen (secondary N) is 1. The molecule has 18 heavy (non-hydrogen) atoms. The Kier molecular flexibility index (Phi) is 5.32. The number of hydrogen-bond acceptors (Lipinski definition) is 4. The highest BCUT2D eigenvalue weighted by Gasteiger charge is 2.21. The van der Waals surface area contributed by atoms with Crippen molar-refractivity contribution in [2.24, 2.45) is 0 Å². The Balaban J connectivity index is 2.75. The Bertz CT molecular complexity index is 404. The second-order valence-electron chi connectivity index (χ2n) is 4.04. The van der Waals surface area contributed by atoms with Gasteiger partial charge in [-0.1, -0.05) is 30.3 Å². The average Bonchev–Trinajstić information content (AvgIpc) is 2.39. The molecule has 1 unspecified atom stereocenters. The van der Waals surface area contributed by atoms with Gasteiger partial charge >= 0.3 is 5.97 Å². The van der Waals surface area contributed by atoms with Crippen molar-refractivity contribution in [1.82, 2.24) is 10.2 Å². The number of amides is 1. The van der Waals surface area contributed by atoms with Gasteiger partial charge in [0.1, 0.15) is 6.04 Å². The van der Waals surface area contributed by atoms with Crippen molar-refractivity contribution >= 4 is 11.9 Å². The fourth-order valence-electron chi connectivity index (χ4n) is 1.45. The molecule has 1 aromatic carbocycles. The lowest BCUT2D eigenvalue weighted by Crippen LogP contribution is -2.38. The molecule has 0 aliphatic heterocycles. The first kappa shape index (κ1) is 14.2. The minimum absolute atomic E-state index is 0.0850. The van der Waals surface area contributed by atoms with Gasteiger partial charge < -0.3 is 9.64 Å². The van der Waals surface area contributed by atoms with Crippen molar-refractivity contribution < 1.29 is 14.3 Å². The summed E-state index contributed by atoms with van der Waals surface area (Å²) in [5.41, 5.74) is 0.774. The molecule has 0 fully saturated rings. The van der Waals surface area contributed by atoms with E-state index in [1.165, 1.54) is 12.0 Å². The van der Waals surface area contributed by atoms with Gasteiger partial charge in [0.15, 0.2) is 0 Å². The Hall–Kier alpha value is -1.88. The number of ether oxygens (including phenoxy) is 1. The molecule has 0 spiro atoms. The smallest absolute Gasteiger partial charge is 0.327 e. The maximum absolute atomic E-state index is 11.7. The van der Waals surface area contributed by atoms with Gasteiger partial charge in [0.2, 0.25) is 5.91 Å². The van der Waals surface area contributed by atoms with Crippen LogP contribution in [0.25, 0.3) is 0 Å². The molecule has 98 valence electrons. The van der Waals surface area contributed by atoms with E-state index in [-0.39, 0.29) is 12.5 Å². The zero-order valence-electron chi connectivity index (χ0n) is 10.8. The van der Waals surface area contributed by atoms with Gasteiger partial charge in [-0.2, -0.15) is 0 Å². The molecule has 5 heteroatoms. The molecule has 0 aliphatic carbocycles. The van der Waals surface area contributed by atoms with Crippen LogP contribution < -0.4 is 5.32 Å². The number of esters is 1. The van der Waals surface area contributed by atoms with Crippen LogP contribution in [0.5, 0.6) is 0 Å². The Labute approximate surface area is 107 Å². The molecular formula is C13H18N2O3. The van der Waals surface area contributed by atoms with Crippen molar-refractivity contribution in [3.05, 3.63) is 35.9 Å². The van der Waals surface area contributed by atoms with E-state index in [4.69, 9.17) is 4.74 Å². The number of nitrogens with zero attached hydrogens (tertiary/aromatic N) is 1. The van der Waals surface area contributed by atoms with Gasteiger partial charge in [0.25, 0.3) is 0 Å². The van der Waals surface area contributed by atoms with E-state index in [2.05, 4.69) is 5.32 Å².